The van der Waals surface area contributed by atoms with Crippen molar-refractivity contribution in [1.29, 1.82) is 0 Å². The van der Waals surface area contributed by atoms with E-state index in [1.807, 2.05) is 34.7 Å². The Kier molecular flexibility index (Phi) is 5.98. The molecule has 4 nitrogen and oxygen atoms in total. The van der Waals surface area contributed by atoms with E-state index in [0.29, 0.717) is 23.9 Å². The summed E-state index contributed by atoms with van der Waals surface area (Å²) in [5.41, 5.74) is 0. The molecule has 6 heteroatoms. The molecule has 0 aliphatic heterocycles. The van der Waals surface area contributed by atoms with Gasteiger partial charge < -0.3 is 5.32 Å². The molecule has 1 aromatic heterocycles. The van der Waals surface area contributed by atoms with E-state index >= 15 is 0 Å². The van der Waals surface area contributed by atoms with Gasteiger partial charge in [-0.2, -0.15) is 4.31 Å². The second-order valence-corrected chi connectivity index (χ2v) is 8.23. The molecule has 0 aliphatic rings. The number of hydrogen-bond donors (Lipinski definition) is 1. The third-order valence-electron chi connectivity index (χ3n) is 2.71. The summed E-state index contributed by atoms with van der Waals surface area (Å²) >= 11 is 1.48. The molecule has 0 saturated heterocycles. The second-order valence-electron chi connectivity index (χ2n) is 5.34. The summed E-state index contributed by atoms with van der Waals surface area (Å²) < 4.78 is 26.9. The zero-order valence-corrected chi connectivity index (χ0v) is 13.9. The number of nitrogens with zero attached hydrogens (tertiary/aromatic N) is 1. The molecule has 0 amide bonds. The zero-order valence-electron chi connectivity index (χ0n) is 12.3. The molecule has 19 heavy (non-hydrogen) atoms. The molecule has 1 aromatic rings. The van der Waals surface area contributed by atoms with E-state index in [-0.39, 0.29) is 6.04 Å². The van der Waals surface area contributed by atoms with Gasteiger partial charge in [-0.3, -0.25) is 0 Å². The normalized spacial score (nSPS) is 12.8. The molecule has 0 bridgehead atoms. The van der Waals surface area contributed by atoms with Gasteiger partial charge in [-0.05, 0) is 32.9 Å². The Hall–Kier alpha value is -0.430. The van der Waals surface area contributed by atoms with Gasteiger partial charge >= 0.3 is 0 Å². The fraction of sp³-hybridized carbons (Fsp3) is 0.692. The van der Waals surface area contributed by atoms with Gasteiger partial charge in [0.05, 0.1) is 4.90 Å². The van der Waals surface area contributed by atoms with Crippen LogP contribution in [0.2, 0.25) is 0 Å². The lowest BCUT2D eigenvalue weighted by atomic mass is 10.2. The van der Waals surface area contributed by atoms with E-state index in [0.717, 1.165) is 4.88 Å². The largest absolute Gasteiger partial charge is 0.315 e. The molecule has 0 radical (unpaired) electrons. The van der Waals surface area contributed by atoms with Crippen LogP contribution in [0.3, 0.4) is 0 Å². The summed E-state index contributed by atoms with van der Waals surface area (Å²) in [6.45, 7) is 9.15. The SMILES string of the molecule is CNCc1cc(S(=O)(=O)N(CC(C)C)C(C)C)cs1. The first-order valence-electron chi connectivity index (χ1n) is 6.53. The Labute approximate surface area is 120 Å². The fourth-order valence-electron chi connectivity index (χ4n) is 1.84. The highest BCUT2D eigenvalue weighted by Gasteiger charge is 2.28. The molecule has 0 aliphatic carbocycles. The standard InChI is InChI=1S/C13H24N2O2S2/c1-10(2)8-15(11(3)4)19(16,17)13-6-12(7-14-5)18-9-13/h6,9-11,14H,7-8H2,1-5H3. The van der Waals surface area contributed by atoms with Crippen LogP contribution in [0.15, 0.2) is 16.3 Å². The van der Waals surface area contributed by atoms with Crippen molar-refractivity contribution in [2.75, 3.05) is 13.6 Å². The van der Waals surface area contributed by atoms with Crippen molar-refractivity contribution in [3.05, 3.63) is 16.3 Å². The van der Waals surface area contributed by atoms with Crippen molar-refractivity contribution in [2.45, 2.75) is 45.2 Å². The second kappa shape index (κ2) is 6.83. The molecule has 1 N–H and O–H groups in total. The van der Waals surface area contributed by atoms with Gasteiger partial charge in [0.2, 0.25) is 10.0 Å². The van der Waals surface area contributed by atoms with E-state index in [9.17, 15) is 8.42 Å². The van der Waals surface area contributed by atoms with Crippen molar-refractivity contribution in [3.63, 3.8) is 0 Å². The van der Waals surface area contributed by atoms with Crippen LogP contribution < -0.4 is 5.32 Å². The number of thiophene rings is 1. The molecule has 110 valence electrons. The van der Waals surface area contributed by atoms with Gasteiger partial charge in [0.15, 0.2) is 0 Å². The quantitative estimate of drug-likeness (QED) is 0.842. The van der Waals surface area contributed by atoms with Crippen molar-refractivity contribution in [2.24, 2.45) is 5.92 Å². The first-order valence-corrected chi connectivity index (χ1v) is 8.84. The Morgan fingerprint density at radius 2 is 1.95 bits per heavy atom. The first-order chi connectivity index (χ1) is 8.78. The topological polar surface area (TPSA) is 49.4 Å². The average Bonchev–Trinajstić information content (AvgIpc) is 2.75. The lowest BCUT2D eigenvalue weighted by molar-refractivity contribution is 0.319. The summed E-state index contributed by atoms with van der Waals surface area (Å²) in [7, 11) is -1.52. The molecular weight excluding hydrogens is 280 g/mol. The minimum absolute atomic E-state index is 0.0277. The highest BCUT2D eigenvalue weighted by atomic mass is 32.2. The van der Waals surface area contributed by atoms with Gasteiger partial charge in [-0.1, -0.05) is 13.8 Å². The maximum absolute atomic E-state index is 12.6. The number of nitrogens with one attached hydrogen (secondary N) is 1. The van der Waals surface area contributed by atoms with E-state index in [1.54, 1.807) is 15.8 Å². The Balaban J connectivity index is 3.04. The molecule has 0 aromatic carbocycles. The monoisotopic (exact) mass is 304 g/mol. The summed E-state index contributed by atoms with van der Waals surface area (Å²) in [5.74, 6) is 0.313. The number of sulfonamides is 1. The maximum atomic E-state index is 12.6. The molecule has 0 spiro atoms. The lowest BCUT2D eigenvalue weighted by Crippen LogP contribution is -2.39. The zero-order chi connectivity index (χ0) is 14.6. The molecule has 1 rings (SSSR count). The lowest BCUT2D eigenvalue weighted by Gasteiger charge is -2.27. The molecule has 0 fully saturated rings. The van der Waals surface area contributed by atoms with Crippen LogP contribution in [0, 0.1) is 5.92 Å². The van der Waals surface area contributed by atoms with E-state index in [1.165, 1.54) is 11.3 Å². The molecule has 0 saturated carbocycles. The highest BCUT2D eigenvalue weighted by Crippen LogP contribution is 2.24. The van der Waals surface area contributed by atoms with Crippen LogP contribution >= 0.6 is 11.3 Å². The fourth-order valence-corrected chi connectivity index (χ4v) is 4.92. The minimum Gasteiger partial charge on any atom is -0.315 e. The highest BCUT2D eigenvalue weighted by molar-refractivity contribution is 7.89. The average molecular weight is 304 g/mol. The smallest absolute Gasteiger partial charge is 0.244 e. The number of rotatable bonds is 7. The Bertz CT molecular complexity index is 492. The van der Waals surface area contributed by atoms with Crippen molar-refractivity contribution < 1.29 is 8.42 Å². The van der Waals surface area contributed by atoms with Crippen molar-refractivity contribution >= 4 is 21.4 Å². The Morgan fingerprint density at radius 3 is 2.42 bits per heavy atom. The van der Waals surface area contributed by atoms with Crippen LogP contribution in [-0.2, 0) is 16.6 Å². The maximum Gasteiger partial charge on any atom is 0.244 e. The van der Waals surface area contributed by atoms with Crippen LogP contribution in [0.5, 0.6) is 0 Å². The van der Waals surface area contributed by atoms with Gasteiger partial charge in [0.25, 0.3) is 0 Å². The van der Waals surface area contributed by atoms with E-state index < -0.39 is 10.0 Å². The van der Waals surface area contributed by atoms with Crippen LogP contribution in [-0.4, -0.2) is 32.4 Å². The van der Waals surface area contributed by atoms with Gasteiger partial charge in [0, 0.05) is 29.4 Å². The first kappa shape index (κ1) is 16.6. The van der Waals surface area contributed by atoms with Gasteiger partial charge in [-0.25, -0.2) is 8.42 Å². The van der Waals surface area contributed by atoms with Crippen molar-refractivity contribution in [3.8, 4) is 0 Å². The van der Waals surface area contributed by atoms with Crippen LogP contribution in [0.25, 0.3) is 0 Å². The van der Waals surface area contributed by atoms with Crippen LogP contribution in [0.4, 0.5) is 0 Å². The summed E-state index contributed by atoms with van der Waals surface area (Å²) in [4.78, 5) is 1.45. The summed E-state index contributed by atoms with van der Waals surface area (Å²) in [5, 5.41) is 4.77. The third kappa shape index (κ3) is 4.27. The molecular formula is C13H24N2O2S2. The van der Waals surface area contributed by atoms with Gasteiger partial charge in [0.1, 0.15) is 0 Å². The minimum atomic E-state index is -3.38. The molecule has 0 unspecified atom stereocenters. The van der Waals surface area contributed by atoms with E-state index in [2.05, 4.69) is 5.32 Å². The summed E-state index contributed by atoms with van der Waals surface area (Å²) in [6.07, 6.45) is 0. The summed E-state index contributed by atoms with van der Waals surface area (Å²) in [6, 6.07) is 1.74. The predicted octanol–water partition coefficient (Wildman–Crippen LogP) is 2.52. The number of hydrogen-bond acceptors (Lipinski definition) is 4. The van der Waals surface area contributed by atoms with Crippen LogP contribution in [0.1, 0.15) is 32.6 Å². The van der Waals surface area contributed by atoms with E-state index in [4.69, 9.17) is 0 Å². The van der Waals surface area contributed by atoms with Gasteiger partial charge in [-0.15, -0.1) is 11.3 Å². The predicted molar refractivity (Wildman–Crippen MR) is 80.9 cm³/mol. The third-order valence-corrected chi connectivity index (χ3v) is 5.81. The molecule has 0 atom stereocenters. The molecule has 1 heterocycles. The van der Waals surface area contributed by atoms with Crippen molar-refractivity contribution in [1.82, 2.24) is 9.62 Å². The Morgan fingerprint density at radius 1 is 1.32 bits per heavy atom.